The number of nitrogens with zero attached hydrogens (tertiary/aromatic N) is 1. The number of carbonyl (C=O) groups is 2. The molecule has 0 spiro atoms. The summed E-state index contributed by atoms with van der Waals surface area (Å²) in [5.74, 6) is 0.690. The smallest absolute Gasteiger partial charge is 0.241 e. The van der Waals surface area contributed by atoms with Gasteiger partial charge in [0, 0.05) is 28.4 Å². The highest BCUT2D eigenvalue weighted by Gasteiger charge is 2.21. The molecule has 150 valence electrons. The normalized spacial score (nSPS) is 11.6. The molecule has 0 aliphatic carbocycles. The van der Waals surface area contributed by atoms with Gasteiger partial charge in [0.25, 0.3) is 0 Å². The van der Waals surface area contributed by atoms with Crippen molar-refractivity contribution in [2.75, 3.05) is 38.4 Å². The van der Waals surface area contributed by atoms with Gasteiger partial charge in [-0.15, -0.1) is 0 Å². The molecule has 2 aromatic rings. The third-order valence-electron chi connectivity index (χ3n) is 4.20. The fraction of sp³-hybridized carbons (Fsp3) is 0.300. The number of nitrogens with one attached hydrogen (secondary N) is 2. The van der Waals surface area contributed by atoms with E-state index in [-0.39, 0.29) is 18.4 Å². The molecule has 0 unspecified atom stereocenters. The third-order valence-corrected chi connectivity index (χ3v) is 4.89. The van der Waals surface area contributed by atoms with E-state index in [0.717, 1.165) is 4.47 Å². The number of methoxy groups -OCH3 is 2. The lowest BCUT2D eigenvalue weighted by Crippen LogP contribution is -2.43. The zero-order valence-electron chi connectivity index (χ0n) is 16.3. The zero-order valence-corrected chi connectivity index (χ0v) is 17.9. The molecule has 0 aliphatic heterocycles. The van der Waals surface area contributed by atoms with Crippen molar-refractivity contribution < 1.29 is 19.1 Å². The number of carbonyl (C=O) groups excluding carboxylic acids is 2. The number of hydrogen-bond acceptors (Lipinski definition) is 5. The number of anilines is 2. The number of amides is 2. The Bertz CT molecular complexity index is 822. The number of halogens is 1. The largest absolute Gasteiger partial charge is 0.497 e. The summed E-state index contributed by atoms with van der Waals surface area (Å²) < 4.78 is 11.2. The van der Waals surface area contributed by atoms with Gasteiger partial charge >= 0.3 is 0 Å². The maximum absolute atomic E-state index is 12.6. The Morgan fingerprint density at radius 1 is 1.07 bits per heavy atom. The summed E-state index contributed by atoms with van der Waals surface area (Å²) in [5, 5.41) is 5.65. The van der Waals surface area contributed by atoms with Crippen molar-refractivity contribution in [3.8, 4) is 11.5 Å². The van der Waals surface area contributed by atoms with Crippen LogP contribution in [-0.4, -0.2) is 50.6 Å². The van der Waals surface area contributed by atoms with Crippen LogP contribution in [0.4, 0.5) is 11.4 Å². The molecule has 1 atom stereocenters. The quantitative estimate of drug-likeness (QED) is 0.645. The second kappa shape index (κ2) is 10.1. The summed E-state index contributed by atoms with van der Waals surface area (Å²) in [7, 11) is 4.80. The monoisotopic (exact) mass is 449 g/mol. The first-order valence-electron chi connectivity index (χ1n) is 8.62. The molecular weight excluding hydrogens is 426 g/mol. The molecular formula is C20H24BrN3O4. The Kier molecular flexibility index (Phi) is 7.83. The molecule has 0 aromatic heterocycles. The maximum atomic E-state index is 12.6. The Hall–Kier alpha value is -2.58. The van der Waals surface area contributed by atoms with Crippen molar-refractivity contribution in [3.05, 3.63) is 46.9 Å². The van der Waals surface area contributed by atoms with Gasteiger partial charge < -0.3 is 20.1 Å². The fourth-order valence-corrected chi connectivity index (χ4v) is 2.83. The summed E-state index contributed by atoms with van der Waals surface area (Å²) in [6.07, 6.45) is 0. The van der Waals surface area contributed by atoms with Crippen LogP contribution >= 0.6 is 15.9 Å². The first-order valence-corrected chi connectivity index (χ1v) is 9.42. The summed E-state index contributed by atoms with van der Waals surface area (Å²) in [4.78, 5) is 26.5. The number of benzene rings is 2. The molecule has 0 bridgehead atoms. The third kappa shape index (κ3) is 5.97. The molecule has 0 saturated carbocycles. The number of ether oxygens (including phenoxy) is 2. The van der Waals surface area contributed by atoms with Gasteiger partial charge in [0.2, 0.25) is 11.8 Å². The lowest BCUT2D eigenvalue weighted by atomic mass is 10.2. The van der Waals surface area contributed by atoms with Crippen LogP contribution in [0.5, 0.6) is 11.5 Å². The average molecular weight is 450 g/mol. The Balaban J connectivity index is 1.96. The van der Waals surface area contributed by atoms with Gasteiger partial charge in [0.1, 0.15) is 11.5 Å². The van der Waals surface area contributed by atoms with Crippen LogP contribution in [0.3, 0.4) is 0 Å². The van der Waals surface area contributed by atoms with Gasteiger partial charge in [-0.1, -0.05) is 12.1 Å². The van der Waals surface area contributed by atoms with Crippen molar-refractivity contribution in [1.82, 2.24) is 4.90 Å². The summed E-state index contributed by atoms with van der Waals surface area (Å²) in [6, 6.07) is 11.9. The van der Waals surface area contributed by atoms with Gasteiger partial charge in [-0.25, -0.2) is 0 Å². The van der Waals surface area contributed by atoms with Crippen molar-refractivity contribution in [2.24, 2.45) is 0 Å². The maximum Gasteiger partial charge on any atom is 0.241 e. The molecule has 2 amide bonds. The van der Waals surface area contributed by atoms with Gasteiger partial charge in [0.05, 0.1) is 32.5 Å². The van der Waals surface area contributed by atoms with Crippen LogP contribution in [0, 0.1) is 0 Å². The molecule has 28 heavy (non-hydrogen) atoms. The van der Waals surface area contributed by atoms with Crippen LogP contribution in [0.15, 0.2) is 46.9 Å². The first-order chi connectivity index (χ1) is 13.3. The second-order valence-corrected chi connectivity index (χ2v) is 7.06. The molecule has 0 radical (unpaired) electrons. The van der Waals surface area contributed by atoms with Gasteiger partial charge in [-0.3, -0.25) is 14.5 Å². The minimum atomic E-state index is -0.526. The zero-order chi connectivity index (χ0) is 20.7. The highest BCUT2D eigenvalue weighted by molar-refractivity contribution is 9.10. The molecule has 0 aliphatic rings. The predicted octanol–water partition coefficient (Wildman–Crippen LogP) is 3.36. The Labute approximate surface area is 173 Å². The number of rotatable bonds is 8. The highest BCUT2D eigenvalue weighted by atomic mass is 79.9. The van der Waals surface area contributed by atoms with E-state index >= 15 is 0 Å². The number of hydrogen-bond donors (Lipinski definition) is 2. The molecule has 2 N–H and O–H groups in total. The minimum absolute atomic E-state index is 0.0668. The van der Waals surface area contributed by atoms with E-state index in [0.29, 0.717) is 22.9 Å². The van der Waals surface area contributed by atoms with Crippen LogP contribution in [0.1, 0.15) is 6.92 Å². The average Bonchev–Trinajstić information content (AvgIpc) is 2.68. The molecule has 8 heteroatoms. The molecule has 7 nitrogen and oxygen atoms in total. The van der Waals surface area contributed by atoms with Crippen molar-refractivity contribution in [3.63, 3.8) is 0 Å². The van der Waals surface area contributed by atoms with E-state index < -0.39 is 6.04 Å². The van der Waals surface area contributed by atoms with Crippen molar-refractivity contribution in [2.45, 2.75) is 13.0 Å². The second-order valence-electron chi connectivity index (χ2n) is 6.21. The minimum Gasteiger partial charge on any atom is -0.497 e. The van der Waals surface area contributed by atoms with Crippen LogP contribution in [-0.2, 0) is 9.59 Å². The Morgan fingerprint density at radius 2 is 1.68 bits per heavy atom. The predicted molar refractivity (Wildman–Crippen MR) is 113 cm³/mol. The summed E-state index contributed by atoms with van der Waals surface area (Å²) >= 11 is 3.39. The summed E-state index contributed by atoms with van der Waals surface area (Å²) in [5.41, 5.74) is 1.24. The molecule has 2 rings (SSSR count). The Morgan fingerprint density at radius 3 is 2.25 bits per heavy atom. The highest BCUT2D eigenvalue weighted by Crippen LogP contribution is 2.26. The number of likely N-dealkylation sites (N-methyl/N-ethyl adjacent to an activating group) is 1. The van der Waals surface area contributed by atoms with E-state index in [1.807, 2.05) is 18.2 Å². The van der Waals surface area contributed by atoms with E-state index in [1.54, 1.807) is 57.4 Å². The van der Waals surface area contributed by atoms with Gasteiger partial charge in [-0.2, -0.15) is 0 Å². The fourth-order valence-electron chi connectivity index (χ4n) is 2.44. The van der Waals surface area contributed by atoms with Crippen LogP contribution < -0.4 is 20.1 Å². The topological polar surface area (TPSA) is 79.9 Å². The lowest BCUT2D eigenvalue weighted by molar-refractivity contribution is -0.122. The van der Waals surface area contributed by atoms with Crippen molar-refractivity contribution in [1.29, 1.82) is 0 Å². The van der Waals surface area contributed by atoms with Gasteiger partial charge in [0.15, 0.2) is 0 Å². The molecule has 0 heterocycles. The van der Waals surface area contributed by atoms with E-state index in [9.17, 15) is 9.59 Å². The van der Waals surface area contributed by atoms with E-state index in [4.69, 9.17) is 9.47 Å². The molecule has 2 aromatic carbocycles. The van der Waals surface area contributed by atoms with Crippen LogP contribution in [0.2, 0.25) is 0 Å². The SMILES string of the molecule is COc1cc(NC(=O)[C@@H](C)N(C)CC(=O)Nc2ccccc2Br)cc(OC)c1. The summed E-state index contributed by atoms with van der Waals surface area (Å²) in [6.45, 7) is 1.80. The standard InChI is InChI=1S/C20H24BrN3O4/c1-13(20(26)22-14-9-15(27-3)11-16(10-14)28-4)24(2)12-19(25)23-18-8-6-5-7-17(18)21/h5-11,13H,12H2,1-4H3,(H,22,26)(H,23,25)/t13-/m1/s1. The van der Waals surface area contributed by atoms with Gasteiger partial charge in [-0.05, 0) is 42.0 Å². The van der Waals surface area contributed by atoms with E-state index in [1.165, 1.54) is 0 Å². The van der Waals surface area contributed by atoms with E-state index in [2.05, 4.69) is 26.6 Å². The molecule has 0 saturated heterocycles. The molecule has 0 fully saturated rings. The first kappa shape index (κ1) is 21.7. The number of para-hydroxylation sites is 1. The van der Waals surface area contributed by atoms with Crippen LogP contribution in [0.25, 0.3) is 0 Å². The van der Waals surface area contributed by atoms with Crippen molar-refractivity contribution >= 4 is 39.1 Å². The lowest BCUT2D eigenvalue weighted by Gasteiger charge is -2.23.